The molecule has 22 heavy (non-hydrogen) atoms. The van der Waals surface area contributed by atoms with Gasteiger partial charge in [0, 0.05) is 12.1 Å². The summed E-state index contributed by atoms with van der Waals surface area (Å²) in [5, 5.41) is 2.82. The lowest BCUT2D eigenvalue weighted by Gasteiger charge is -2.21. The van der Waals surface area contributed by atoms with Crippen molar-refractivity contribution in [3.63, 3.8) is 0 Å². The summed E-state index contributed by atoms with van der Waals surface area (Å²) in [6.45, 7) is 1.73. The summed E-state index contributed by atoms with van der Waals surface area (Å²) in [6.07, 6.45) is 6.41. The van der Waals surface area contributed by atoms with Gasteiger partial charge in [0.15, 0.2) is 0 Å². The second-order valence-electron chi connectivity index (χ2n) is 5.94. The van der Waals surface area contributed by atoms with Crippen LogP contribution in [0.15, 0.2) is 23.1 Å². The first-order valence-electron chi connectivity index (χ1n) is 7.76. The van der Waals surface area contributed by atoms with Crippen molar-refractivity contribution in [2.75, 3.05) is 12.4 Å². The highest BCUT2D eigenvalue weighted by molar-refractivity contribution is 7.89. The van der Waals surface area contributed by atoms with Gasteiger partial charge in [-0.25, -0.2) is 13.1 Å². The fraction of sp³-hybridized carbons (Fsp3) is 0.562. The Morgan fingerprint density at radius 1 is 1.23 bits per heavy atom. The topological polar surface area (TPSA) is 75.3 Å². The predicted octanol–water partition coefficient (Wildman–Crippen LogP) is 2.81. The zero-order valence-corrected chi connectivity index (χ0v) is 14.0. The molecule has 1 aliphatic carbocycles. The molecule has 6 heteroatoms. The van der Waals surface area contributed by atoms with Crippen LogP contribution in [0.5, 0.6) is 0 Å². The van der Waals surface area contributed by atoms with E-state index >= 15 is 0 Å². The molecule has 0 saturated heterocycles. The average Bonchev–Trinajstić information content (AvgIpc) is 2.50. The third kappa shape index (κ3) is 4.30. The Morgan fingerprint density at radius 3 is 2.55 bits per heavy atom. The van der Waals surface area contributed by atoms with Crippen molar-refractivity contribution >= 4 is 21.6 Å². The zero-order chi connectivity index (χ0) is 16.2. The lowest BCUT2D eigenvalue weighted by molar-refractivity contribution is -0.117. The SMILES string of the molecule is CNS(=O)(=O)c1cc(NC(=O)CC2CCCCC2)ccc1C. The Morgan fingerprint density at radius 2 is 1.91 bits per heavy atom. The molecule has 1 fully saturated rings. The summed E-state index contributed by atoms with van der Waals surface area (Å²) in [5.41, 5.74) is 1.18. The molecule has 0 spiro atoms. The van der Waals surface area contributed by atoms with Crippen LogP contribution in [0.1, 0.15) is 44.1 Å². The average molecular weight is 324 g/mol. The number of anilines is 1. The molecule has 0 heterocycles. The van der Waals surface area contributed by atoms with E-state index < -0.39 is 10.0 Å². The summed E-state index contributed by atoms with van der Waals surface area (Å²) < 4.78 is 26.2. The molecule has 5 nitrogen and oxygen atoms in total. The van der Waals surface area contributed by atoms with Gasteiger partial charge in [-0.1, -0.05) is 25.3 Å². The van der Waals surface area contributed by atoms with Crippen LogP contribution >= 0.6 is 0 Å². The Labute approximate surface area is 132 Å². The molecule has 0 aromatic heterocycles. The minimum absolute atomic E-state index is 0.0384. The lowest BCUT2D eigenvalue weighted by atomic mass is 9.87. The number of hydrogen-bond donors (Lipinski definition) is 2. The second kappa shape index (κ2) is 7.24. The van der Waals surface area contributed by atoms with Crippen molar-refractivity contribution in [1.82, 2.24) is 4.72 Å². The number of nitrogens with one attached hydrogen (secondary N) is 2. The fourth-order valence-corrected chi connectivity index (χ4v) is 3.94. The summed E-state index contributed by atoms with van der Waals surface area (Å²) in [4.78, 5) is 12.3. The molecule has 1 aromatic carbocycles. The van der Waals surface area contributed by atoms with Crippen molar-refractivity contribution in [2.24, 2.45) is 5.92 Å². The van der Waals surface area contributed by atoms with Crippen molar-refractivity contribution in [2.45, 2.75) is 50.3 Å². The number of hydrogen-bond acceptors (Lipinski definition) is 3. The van der Waals surface area contributed by atoms with Gasteiger partial charge in [0.1, 0.15) is 0 Å². The van der Waals surface area contributed by atoms with Gasteiger partial charge in [-0.05, 0) is 50.4 Å². The maximum Gasteiger partial charge on any atom is 0.240 e. The van der Waals surface area contributed by atoms with Gasteiger partial charge >= 0.3 is 0 Å². The van der Waals surface area contributed by atoms with Gasteiger partial charge < -0.3 is 5.32 Å². The number of aryl methyl sites for hydroxylation is 1. The lowest BCUT2D eigenvalue weighted by Crippen LogP contribution is -2.21. The summed E-state index contributed by atoms with van der Waals surface area (Å²) in [7, 11) is -2.14. The van der Waals surface area contributed by atoms with Crippen LogP contribution in [0.25, 0.3) is 0 Å². The van der Waals surface area contributed by atoms with E-state index in [2.05, 4.69) is 10.0 Å². The van der Waals surface area contributed by atoms with Gasteiger partial charge in [0.25, 0.3) is 0 Å². The molecule has 2 rings (SSSR count). The van der Waals surface area contributed by atoms with Crippen molar-refractivity contribution < 1.29 is 13.2 Å². The molecule has 1 aromatic rings. The Kier molecular flexibility index (Phi) is 5.58. The number of benzene rings is 1. The first kappa shape index (κ1) is 17.0. The van der Waals surface area contributed by atoms with Crippen LogP contribution in [0.2, 0.25) is 0 Å². The minimum atomic E-state index is -3.52. The van der Waals surface area contributed by atoms with E-state index in [1.807, 2.05) is 0 Å². The van der Waals surface area contributed by atoms with Crippen LogP contribution in [0, 0.1) is 12.8 Å². The molecule has 1 saturated carbocycles. The maximum atomic E-state index is 12.1. The third-order valence-corrected chi connectivity index (χ3v) is 5.79. The molecular formula is C16H24N2O3S. The fourth-order valence-electron chi connectivity index (χ4n) is 2.94. The quantitative estimate of drug-likeness (QED) is 0.874. The largest absolute Gasteiger partial charge is 0.326 e. The highest BCUT2D eigenvalue weighted by atomic mass is 32.2. The van der Waals surface area contributed by atoms with Gasteiger partial charge in [-0.15, -0.1) is 0 Å². The molecule has 0 bridgehead atoms. The molecule has 2 N–H and O–H groups in total. The highest BCUT2D eigenvalue weighted by Crippen LogP contribution is 2.27. The van der Waals surface area contributed by atoms with Crippen LogP contribution in [0.4, 0.5) is 5.69 Å². The number of carbonyl (C=O) groups excluding carboxylic acids is 1. The van der Waals surface area contributed by atoms with Gasteiger partial charge in [0.2, 0.25) is 15.9 Å². The zero-order valence-electron chi connectivity index (χ0n) is 13.2. The molecule has 1 aliphatic rings. The van der Waals surface area contributed by atoms with Crippen molar-refractivity contribution in [3.8, 4) is 0 Å². The summed E-state index contributed by atoms with van der Waals surface area (Å²) >= 11 is 0. The Balaban J connectivity index is 2.06. The van der Waals surface area contributed by atoms with Crippen LogP contribution in [-0.2, 0) is 14.8 Å². The van der Waals surface area contributed by atoms with Gasteiger partial charge in [-0.3, -0.25) is 4.79 Å². The first-order chi connectivity index (χ1) is 10.4. The van der Waals surface area contributed by atoms with E-state index in [0.29, 0.717) is 23.6 Å². The van der Waals surface area contributed by atoms with Crippen LogP contribution in [0.3, 0.4) is 0 Å². The smallest absolute Gasteiger partial charge is 0.240 e. The monoisotopic (exact) mass is 324 g/mol. The molecule has 1 amide bonds. The van der Waals surface area contributed by atoms with E-state index in [0.717, 1.165) is 12.8 Å². The normalized spacial score (nSPS) is 16.5. The first-order valence-corrected chi connectivity index (χ1v) is 9.25. The van der Waals surface area contributed by atoms with Crippen LogP contribution < -0.4 is 10.0 Å². The van der Waals surface area contributed by atoms with Crippen LogP contribution in [-0.4, -0.2) is 21.4 Å². The molecule has 0 unspecified atom stereocenters. The molecule has 0 radical (unpaired) electrons. The van der Waals surface area contributed by atoms with Crippen molar-refractivity contribution in [1.29, 1.82) is 0 Å². The summed E-state index contributed by atoms with van der Waals surface area (Å²) in [5.74, 6) is 0.420. The molecule has 122 valence electrons. The van der Waals surface area contributed by atoms with Gasteiger partial charge in [-0.2, -0.15) is 0 Å². The number of rotatable bonds is 5. The highest BCUT2D eigenvalue weighted by Gasteiger charge is 2.19. The molecule has 0 aliphatic heterocycles. The third-order valence-electron chi connectivity index (χ3n) is 4.23. The maximum absolute atomic E-state index is 12.1. The second-order valence-corrected chi connectivity index (χ2v) is 7.80. The van der Waals surface area contributed by atoms with E-state index in [4.69, 9.17) is 0 Å². The Bertz CT molecular complexity index is 635. The van der Waals surface area contributed by atoms with Gasteiger partial charge in [0.05, 0.1) is 4.90 Å². The van der Waals surface area contributed by atoms with E-state index in [1.54, 1.807) is 19.1 Å². The Hall–Kier alpha value is -1.40. The number of sulfonamides is 1. The standard InChI is InChI=1S/C16H24N2O3S/c1-12-8-9-14(11-15(12)22(20,21)17-2)18-16(19)10-13-6-4-3-5-7-13/h8-9,11,13,17H,3-7,10H2,1-2H3,(H,18,19). The van der Waals surface area contributed by atoms with E-state index in [1.165, 1.54) is 32.4 Å². The minimum Gasteiger partial charge on any atom is -0.326 e. The number of amides is 1. The van der Waals surface area contributed by atoms with Crippen molar-refractivity contribution in [3.05, 3.63) is 23.8 Å². The predicted molar refractivity (Wildman–Crippen MR) is 87.2 cm³/mol. The summed E-state index contributed by atoms with van der Waals surface area (Å²) in [6, 6.07) is 4.96. The van der Waals surface area contributed by atoms with E-state index in [-0.39, 0.29) is 10.8 Å². The van der Waals surface area contributed by atoms with E-state index in [9.17, 15) is 13.2 Å². The number of carbonyl (C=O) groups is 1. The molecular weight excluding hydrogens is 300 g/mol. The molecule has 0 atom stereocenters.